The minimum atomic E-state index is 0.483. The third-order valence-corrected chi connectivity index (χ3v) is 2.57. The van der Waals surface area contributed by atoms with Crippen molar-refractivity contribution in [2.75, 3.05) is 0 Å². The van der Waals surface area contributed by atoms with E-state index in [2.05, 4.69) is 39.8 Å². The van der Waals surface area contributed by atoms with Gasteiger partial charge in [0.05, 0.1) is 18.6 Å². The van der Waals surface area contributed by atoms with Crippen LogP contribution in [0.25, 0.3) is 0 Å². The number of nitrogens with one attached hydrogen (secondary N) is 1. The third kappa shape index (κ3) is 3.39. The van der Waals surface area contributed by atoms with Gasteiger partial charge >= 0.3 is 0 Å². The topological polar surface area (TPSA) is 42.7 Å². The zero-order valence-electron chi connectivity index (χ0n) is 10.3. The van der Waals surface area contributed by atoms with E-state index >= 15 is 0 Å². The average Bonchev–Trinajstić information content (AvgIpc) is 2.75. The van der Waals surface area contributed by atoms with Crippen LogP contribution in [0, 0.1) is 0 Å². The molecule has 90 valence electrons. The second kappa shape index (κ2) is 5.59. The highest BCUT2D eigenvalue weighted by Crippen LogP contribution is 2.05. The minimum absolute atomic E-state index is 0.483. The van der Waals surface area contributed by atoms with Gasteiger partial charge in [-0.3, -0.25) is 4.98 Å². The van der Waals surface area contributed by atoms with E-state index < -0.39 is 0 Å². The van der Waals surface area contributed by atoms with Crippen LogP contribution in [0.1, 0.15) is 25.1 Å². The van der Waals surface area contributed by atoms with E-state index in [0.717, 1.165) is 13.1 Å². The van der Waals surface area contributed by atoms with Crippen molar-refractivity contribution < 1.29 is 0 Å². The van der Waals surface area contributed by atoms with Crippen molar-refractivity contribution in [3.63, 3.8) is 0 Å². The Kier molecular flexibility index (Phi) is 3.88. The lowest BCUT2D eigenvalue weighted by molar-refractivity contribution is 0.564. The van der Waals surface area contributed by atoms with Gasteiger partial charge in [0.1, 0.15) is 0 Å². The van der Waals surface area contributed by atoms with Crippen molar-refractivity contribution in [2.24, 2.45) is 0 Å². The molecule has 4 heteroatoms. The van der Waals surface area contributed by atoms with E-state index in [4.69, 9.17) is 0 Å². The highest BCUT2D eigenvalue weighted by molar-refractivity contribution is 5.11. The van der Waals surface area contributed by atoms with Crippen LogP contribution in [0.4, 0.5) is 0 Å². The Balaban J connectivity index is 2.04. The molecule has 0 saturated heterocycles. The number of hydrogen-bond donors (Lipinski definition) is 1. The Morgan fingerprint density at radius 1 is 1.29 bits per heavy atom. The van der Waals surface area contributed by atoms with Crippen molar-refractivity contribution in [2.45, 2.75) is 33.0 Å². The molecule has 2 aromatic rings. The van der Waals surface area contributed by atoms with Gasteiger partial charge in [-0.15, -0.1) is 0 Å². The maximum atomic E-state index is 4.20. The molecule has 0 aliphatic rings. The summed E-state index contributed by atoms with van der Waals surface area (Å²) in [6, 6.07) is 4.52. The molecule has 4 nitrogen and oxygen atoms in total. The first kappa shape index (κ1) is 11.8. The molecule has 0 fully saturated rings. The monoisotopic (exact) mass is 230 g/mol. The first-order valence-electron chi connectivity index (χ1n) is 5.87. The fraction of sp³-hybridized carbons (Fsp3) is 0.385. The van der Waals surface area contributed by atoms with Crippen molar-refractivity contribution in [1.29, 1.82) is 0 Å². The number of imidazole rings is 1. The van der Waals surface area contributed by atoms with Crippen molar-refractivity contribution >= 4 is 0 Å². The van der Waals surface area contributed by atoms with E-state index in [1.807, 2.05) is 24.8 Å². The Bertz CT molecular complexity index is 447. The second-order valence-corrected chi connectivity index (χ2v) is 4.41. The zero-order chi connectivity index (χ0) is 12.1. The van der Waals surface area contributed by atoms with Gasteiger partial charge in [-0.25, -0.2) is 4.98 Å². The lowest BCUT2D eigenvalue weighted by Crippen LogP contribution is -2.23. The van der Waals surface area contributed by atoms with Gasteiger partial charge in [0.25, 0.3) is 0 Å². The first-order chi connectivity index (χ1) is 8.25. The van der Waals surface area contributed by atoms with Crippen LogP contribution in [-0.2, 0) is 13.1 Å². The molecule has 0 aliphatic carbocycles. The van der Waals surface area contributed by atoms with Crippen LogP contribution < -0.4 is 5.32 Å². The van der Waals surface area contributed by atoms with E-state index in [1.165, 1.54) is 11.3 Å². The molecule has 0 spiro atoms. The van der Waals surface area contributed by atoms with E-state index in [1.54, 1.807) is 6.20 Å². The predicted molar refractivity (Wildman–Crippen MR) is 67.5 cm³/mol. The molecular weight excluding hydrogens is 212 g/mol. The molecule has 0 radical (unpaired) electrons. The summed E-state index contributed by atoms with van der Waals surface area (Å²) in [6.07, 6.45) is 7.45. The fourth-order valence-corrected chi connectivity index (χ4v) is 1.63. The normalized spacial score (nSPS) is 11.0. The molecule has 17 heavy (non-hydrogen) atoms. The van der Waals surface area contributed by atoms with Gasteiger partial charge in [0, 0.05) is 31.2 Å². The van der Waals surface area contributed by atoms with Crippen LogP contribution in [0.2, 0.25) is 0 Å². The minimum Gasteiger partial charge on any atom is -0.329 e. The number of hydrogen-bond acceptors (Lipinski definition) is 3. The summed E-state index contributed by atoms with van der Waals surface area (Å²) in [5.74, 6) is 0. The second-order valence-electron chi connectivity index (χ2n) is 4.41. The molecule has 0 amide bonds. The standard InChI is InChI=1S/C13H18N4/c1-11(2)16-8-13-7-15-10-17(13)9-12-4-3-5-14-6-12/h3-7,10-11,16H,8-9H2,1-2H3. The predicted octanol–water partition coefficient (Wildman–Crippen LogP) is 1.82. The van der Waals surface area contributed by atoms with E-state index in [-0.39, 0.29) is 0 Å². The highest BCUT2D eigenvalue weighted by atomic mass is 15.1. The summed E-state index contributed by atoms with van der Waals surface area (Å²) in [4.78, 5) is 8.32. The maximum Gasteiger partial charge on any atom is 0.0951 e. The van der Waals surface area contributed by atoms with Crippen LogP contribution in [-0.4, -0.2) is 20.6 Å². The molecule has 0 aliphatic heterocycles. The quantitative estimate of drug-likeness (QED) is 0.852. The van der Waals surface area contributed by atoms with Gasteiger partial charge in [0.15, 0.2) is 0 Å². The summed E-state index contributed by atoms with van der Waals surface area (Å²) in [5, 5.41) is 3.40. The Morgan fingerprint density at radius 2 is 2.18 bits per heavy atom. The molecule has 2 heterocycles. The Hall–Kier alpha value is -1.68. The largest absolute Gasteiger partial charge is 0.329 e. The average molecular weight is 230 g/mol. The molecule has 2 rings (SSSR count). The number of aromatic nitrogens is 3. The fourth-order valence-electron chi connectivity index (χ4n) is 1.63. The summed E-state index contributed by atoms with van der Waals surface area (Å²) in [5.41, 5.74) is 2.39. The maximum absolute atomic E-state index is 4.20. The van der Waals surface area contributed by atoms with Crippen molar-refractivity contribution in [3.05, 3.63) is 48.3 Å². The first-order valence-corrected chi connectivity index (χ1v) is 5.87. The van der Waals surface area contributed by atoms with Crippen LogP contribution in [0.3, 0.4) is 0 Å². The molecule has 0 saturated carbocycles. The lowest BCUT2D eigenvalue weighted by Gasteiger charge is -2.11. The van der Waals surface area contributed by atoms with Gasteiger partial charge in [-0.05, 0) is 11.6 Å². The summed E-state index contributed by atoms with van der Waals surface area (Å²) in [7, 11) is 0. The molecule has 1 N–H and O–H groups in total. The molecule has 0 unspecified atom stereocenters. The van der Waals surface area contributed by atoms with Gasteiger partial charge in [-0.1, -0.05) is 19.9 Å². The molecular formula is C13H18N4. The van der Waals surface area contributed by atoms with E-state index in [9.17, 15) is 0 Å². The summed E-state index contributed by atoms with van der Waals surface area (Å²) < 4.78 is 2.15. The Labute approximate surface area is 102 Å². The summed E-state index contributed by atoms with van der Waals surface area (Å²) >= 11 is 0. The smallest absolute Gasteiger partial charge is 0.0951 e. The number of nitrogens with zero attached hydrogens (tertiary/aromatic N) is 3. The summed E-state index contributed by atoms with van der Waals surface area (Å²) in [6.45, 7) is 5.95. The van der Waals surface area contributed by atoms with Gasteiger partial charge in [0.2, 0.25) is 0 Å². The van der Waals surface area contributed by atoms with Crippen molar-refractivity contribution in [3.8, 4) is 0 Å². The number of rotatable bonds is 5. The molecule has 0 bridgehead atoms. The van der Waals surface area contributed by atoms with Crippen LogP contribution in [0.15, 0.2) is 37.1 Å². The van der Waals surface area contributed by atoms with Gasteiger partial charge in [-0.2, -0.15) is 0 Å². The zero-order valence-corrected chi connectivity index (χ0v) is 10.3. The van der Waals surface area contributed by atoms with Crippen LogP contribution >= 0.6 is 0 Å². The van der Waals surface area contributed by atoms with E-state index in [0.29, 0.717) is 6.04 Å². The molecule has 0 aromatic carbocycles. The van der Waals surface area contributed by atoms with Gasteiger partial charge < -0.3 is 9.88 Å². The third-order valence-electron chi connectivity index (χ3n) is 2.57. The number of pyridine rings is 1. The van der Waals surface area contributed by atoms with Crippen LogP contribution in [0.5, 0.6) is 0 Å². The SMILES string of the molecule is CC(C)NCc1cncn1Cc1cccnc1. The molecule has 2 aromatic heterocycles. The lowest BCUT2D eigenvalue weighted by atomic mass is 10.3. The molecule has 0 atom stereocenters. The van der Waals surface area contributed by atoms with Crippen molar-refractivity contribution in [1.82, 2.24) is 19.9 Å². The highest BCUT2D eigenvalue weighted by Gasteiger charge is 2.03. The Morgan fingerprint density at radius 3 is 2.88 bits per heavy atom.